The van der Waals surface area contributed by atoms with Crippen molar-refractivity contribution in [1.29, 1.82) is 0 Å². The van der Waals surface area contributed by atoms with Crippen LogP contribution < -0.4 is 10.6 Å². The number of aryl methyl sites for hydroxylation is 1. The topological polar surface area (TPSA) is 84.2 Å². The van der Waals surface area contributed by atoms with Crippen molar-refractivity contribution in [2.75, 3.05) is 0 Å². The van der Waals surface area contributed by atoms with Crippen LogP contribution in [0.3, 0.4) is 0 Å². The zero-order valence-corrected chi connectivity index (χ0v) is 14.0. The highest BCUT2D eigenvalue weighted by atomic mass is 16.5. The zero-order chi connectivity index (χ0) is 16.5. The minimum atomic E-state index is -0.127. The van der Waals surface area contributed by atoms with Gasteiger partial charge in [-0.05, 0) is 38.5 Å². The summed E-state index contributed by atoms with van der Waals surface area (Å²) in [7, 11) is 0. The highest BCUT2D eigenvalue weighted by molar-refractivity contribution is 5.94. The summed E-state index contributed by atoms with van der Waals surface area (Å²) in [6.07, 6.45) is 9.85. The van der Waals surface area contributed by atoms with Gasteiger partial charge in [-0.15, -0.1) is 0 Å². The molecule has 0 bridgehead atoms. The van der Waals surface area contributed by atoms with Crippen molar-refractivity contribution in [2.24, 2.45) is 5.92 Å². The van der Waals surface area contributed by atoms with Crippen LogP contribution in [0.4, 0.5) is 0 Å². The third-order valence-electron chi connectivity index (χ3n) is 5.77. The van der Waals surface area contributed by atoms with Gasteiger partial charge in [0.05, 0.1) is 0 Å². The molecule has 0 radical (unpaired) electrons. The molecule has 1 unspecified atom stereocenters. The molecule has 0 saturated heterocycles. The smallest absolute Gasteiger partial charge is 0.273 e. The third kappa shape index (κ3) is 3.06. The summed E-state index contributed by atoms with van der Waals surface area (Å²) in [4.78, 5) is 24.7. The molecule has 3 aliphatic rings. The average Bonchev–Trinajstić information content (AvgIpc) is 3.14. The van der Waals surface area contributed by atoms with Gasteiger partial charge in [0, 0.05) is 30.0 Å². The Kier molecular flexibility index (Phi) is 4.29. The van der Waals surface area contributed by atoms with E-state index >= 15 is 0 Å². The molecule has 3 aliphatic carbocycles. The normalized spacial score (nSPS) is 24.2. The van der Waals surface area contributed by atoms with Crippen LogP contribution in [0, 0.1) is 5.92 Å². The van der Waals surface area contributed by atoms with Crippen molar-refractivity contribution in [3.63, 3.8) is 0 Å². The van der Waals surface area contributed by atoms with E-state index in [-0.39, 0.29) is 29.8 Å². The van der Waals surface area contributed by atoms with Crippen LogP contribution in [0.5, 0.6) is 0 Å². The van der Waals surface area contributed by atoms with E-state index in [9.17, 15) is 9.59 Å². The van der Waals surface area contributed by atoms with Crippen LogP contribution >= 0.6 is 0 Å². The molecular formula is C18H25N3O3. The van der Waals surface area contributed by atoms with Crippen LogP contribution in [0.15, 0.2) is 4.52 Å². The van der Waals surface area contributed by atoms with E-state index in [1.54, 1.807) is 0 Å². The van der Waals surface area contributed by atoms with Gasteiger partial charge >= 0.3 is 0 Å². The summed E-state index contributed by atoms with van der Waals surface area (Å²) in [5.74, 6) is 1.04. The molecule has 2 N–H and O–H groups in total. The highest BCUT2D eigenvalue weighted by Crippen LogP contribution is 2.29. The maximum absolute atomic E-state index is 12.5. The summed E-state index contributed by atoms with van der Waals surface area (Å²) in [5.41, 5.74) is 1.30. The molecule has 1 atom stereocenters. The van der Waals surface area contributed by atoms with Gasteiger partial charge < -0.3 is 15.2 Å². The van der Waals surface area contributed by atoms with Gasteiger partial charge in [0.25, 0.3) is 5.91 Å². The molecule has 4 rings (SSSR count). The lowest BCUT2D eigenvalue weighted by molar-refractivity contribution is -0.128. The SMILES string of the molecule is O=C(NC1CCCC1)c1noc2c1CC(NC(=O)C1CCC1)CC2. The monoisotopic (exact) mass is 331 g/mol. The first-order valence-electron chi connectivity index (χ1n) is 9.29. The average molecular weight is 331 g/mol. The fraction of sp³-hybridized carbons (Fsp3) is 0.722. The predicted molar refractivity (Wildman–Crippen MR) is 87.5 cm³/mol. The molecule has 6 heteroatoms. The molecule has 0 spiro atoms. The molecule has 0 aliphatic heterocycles. The maximum atomic E-state index is 12.5. The summed E-state index contributed by atoms with van der Waals surface area (Å²) < 4.78 is 5.38. The fourth-order valence-electron chi connectivity index (χ4n) is 4.02. The van der Waals surface area contributed by atoms with Crippen LogP contribution in [-0.4, -0.2) is 29.1 Å². The fourth-order valence-corrected chi connectivity index (χ4v) is 4.02. The van der Waals surface area contributed by atoms with E-state index in [2.05, 4.69) is 15.8 Å². The second kappa shape index (κ2) is 6.57. The Morgan fingerprint density at radius 3 is 2.46 bits per heavy atom. The minimum absolute atomic E-state index is 0.0861. The van der Waals surface area contributed by atoms with Gasteiger partial charge in [0.1, 0.15) is 5.76 Å². The lowest BCUT2D eigenvalue weighted by Crippen LogP contribution is -2.44. The highest BCUT2D eigenvalue weighted by Gasteiger charge is 2.32. The number of fused-ring (bicyclic) bond motifs is 1. The van der Waals surface area contributed by atoms with Crippen LogP contribution in [0.1, 0.15) is 73.2 Å². The number of nitrogens with one attached hydrogen (secondary N) is 2. The number of rotatable bonds is 4. The van der Waals surface area contributed by atoms with E-state index in [0.29, 0.717) is 12.1 Å². The van der Waals surface area contributed by atoms with Crippen LogP contribution in [0.25, 0.3) is 0 Å². The van der Waals surface area contributed by atoms with E-state index < -0.39 is 0 Å². The number of carbonyl (C=O) groups excluding carboxylic acids is 2. The Hall–Kier alpha value is -1.85. The van der Waals surface area contributed by atoms with Crippen molar-refractivity contribution in [3.8, 4) is 0 Å². The Labute approximate surface area is 141 Å². The first kappa shape index (κ1) is 15.7. The lowest BCUT2D eigenvalue weighted by Gasteiger charge is -2.28. The molecule has 1 aromatic rings. The third-order valence-corrected chi connectivity index (χ3v) is 5.77. The summed E-state index contributed by atoms with van der Waals surface area (Å²) in [6.45, 7) is 0. The van der Waals surface area contributed by atoms with Gasteiger partial charge in [0.2, 0.25) is 5.91 Å². The number of aromatic nitrogens is 1. The molecule has 1 aromatic heterocycles. The Morgan fingerprint density at radius 1 is 0.958 bits per heavy atom. The molecule has 1 heterocycles. The van der Waals surface area contributed by atoms with Gasteiger partial charge in [-0.2, -0.15) is 0 Å². The summed E-state index contributed by atoms with van der Waals surface area (Å²) >= 11 is 0. The van der Waals surface area contributed by atoms with Crippen LogP contribution in [-0.2, 0) is 17.6 Å². The van der Waals surface area contributed by atoms with Gasteiger partial charge in [-0.3, -0.25) is 9.59 Å². The van der Waals surface area contributed by atoms with Crippen molar-refractivity contribution in [2.45, 2.75) is 76.3 Å². The number of carbonyl (C=O) groups is 2. The number of hydrogen-bond donors (Lipinski definition) is 2. The molecule has 2 fully saturated rings. The van der Waals surface area contributed by atoms with Crippen molar-refractivity contribution >= 4 is 11.8 Å². The minimum Gasteiger partial charge on any atom is -0.360 e. The zero-order valence-electron chi connectivity index (χ0n) is 14.0. The first-order chi connectivity index (χ1) is 11.7. The summed E-state index contributed by atoms with van der Waals surface area (Å²) in [5, 5.41) is 10.2. The van der Waals surface area contributed by atoms with E-state index in [4.69, 9.17) is 4.52 Å². The molecule has 6 nitrogen and oxygen atoms in total. The molecule has 130 valence electrons. The van der Waals surface area contributed by atoms with E-state index in [0.717, 1.165) is 56.3 Å². The van der Waals surface area contributed by atoms with Gasteiger partial charge in [-0.25, -0.2) is 0 Å². The predicted octanol–water partition coefficient (Wildman–Crippen LogP) is 2.12. The van der Waals surface area contributed by atoms with Crippen molar-refractivity contribution < 1.29 is 14.1 Å². The van der Waals surface area contributed by atoms with Crippen molar-refractivity contribution in [1.82, 2.24) is 15.8 Å². The van der Waals surface area contributed by atoms with Gasteiger partial charge in [-0.1, -0.05) is 24.4 Å². The first-order valence-corrected chi connectivity index (χ1v) is 9.29. The van der Waals surface area contributed by atoms with Crippen LogP contribution in [0.2, 0.25) is 0 Å². The second-order valence-electron chi connectivity index (χ2n) is 7.46. The molecule has 2 saturated carbocycles. The quantitative estimate of drug-likeness (QED) is 0.885. The van der Waals surface area contributed by atoms with E-state index in [1.165, 1.54) is 12.8 Å². The van der Waals surface area contributed by atoms with E-state index in [1.807, 2.05) is 0 Å². The lowest BCUT2D eigenvalue weighted by atomic mass is 9.84. The molecule has 0 aromatic carbocycles. The number of hydrogen-bond acceptors (Lipinski definition) is 4. The Bertz CT molecular complexity index is 629. The standard InChI is InChI=1S/C18H25N3O3/c22-17(11-4-3-5-11)20-13-8-9-15-14(10-13)16(21-24-15)18(23)19-12-6-1-2-7-12/h11-13H,1-10H2,(H,19,23)(H,20,22). The molecule has 24 heavy (non-hydrogen) atoms. The second-order valence-corrected chi connectivity index (χ2v) is 7.46. The maximum Gasteiger partial charge on any atom is 0.273 e. The van der Waals surface area contributed by atoms with Crippen molar-refractivity contribution in [3.05, 3.63) is 17.0 Å². The molecular weight excluding hydrogens is 306 g/mol. The summed E-state index contributed by atoms with van der Waals surface area (Å²) in [6, 6.07) is 0.352. The Morgan fingerprint density at radius 2 is 1.75 bits per heavy atom. The largest absolute Gasteiger partial charge is 0.360 e. The number of nitrogens with zero attached hydrogens (tertiary/aromatic N) is 1. The Balaban J connectivity index is 1.41. The molecule has 2 amide bonds. The number of amides is 2. The van der Waals surface area contributed by atoms with Gasteiger partial charge in [0.15, 0.2) is 5.69 Å².